The van der Waals surface area contributed by atoms with Crippen molar-refractivity contribution in [1.29, 1.82) is 0 Å². The van der Waals surface area contributed by atoms with Crippen LogP contribution in [0.4, 0.5) is 10.2 Å². The molecule has 78 valence electrons. The highest BCUT2D eigenvalue weighted by Gasteiger charge is 2.10. The van der Waals surface area contributed by atoms with E-state index in [0.717, 1.165) is 0 Å². The Morgan fingerprint density at radius 2 is 2.20 bits per heavy atom. The number of benzene rings is 1. The molecule has 0 aliphatic carbocycles. The first-order chi connectivity index (χ1) is 7.22. The molecule has 5 heteroatoms. The minimum Gasteiger partial charge on any atom is -0.507 e. The molecule has 0 aliphatic heterocycles. The SMILES string of the molecule is Nc1[nH]ncc1-c1cc(CF)ccc1O. The van der Waals surface area contributed by atoms with E-state index in [9.17, 15) is 9.50 Å². The standard InChI is InChI=1S/C10H10FN3O/c11-4-6-1-2-9(15)7(3-6)8-5-13-14-10(8)12/h1-3,5,15H,4H2,(H3,12,13,14). The molecule has 0 spiro atoms. The largest absolute Gasteiger partial charge is 0.507 e. The van der Waals surface area contributed by atoms with Crippen LogP contribution in [-0.2, 0) is 6.67 Å². The number of nitrogens with two attached hydrogens (primary N) is 1. The third-order valence-corrected chi connectivity index (χ3v) is 2.17. The molecule has 0 radical (unpaired) electrons. The third kappa shape index (κ3) is 1.63. The first-order valence-corrected chi connectivity index (χ1v) is 4.39. The van der Waals surface area contributed by atoms with E-state index in [0.29, 0.717) is 22.5 Å². The minimum absolute atomic E-state index is 0.0558. The zero-order chi connectivity index (χ0) is 10.8. The summed E-state index contributed by atoms with van der Waals surface area (Å²) in [7, 11) is 0. The summed E-state index contributed by atoms with van der Waals surface area (Å²) in [5.41, 5.74) is 7.15. The Kier molecular flexibility index (Phi) is 2.29. The molecule has 0 saturated carbocycles. The Labute approximate surface area is 85.6 Å². The first-order valence-electron chi connectivity index (χ1n) is 4.39. The van der Waals surface area contributed by atoms with Gasteiger partial charge in [0.1, 0.15) is 18.2 Å². The van der Waals surface area contributed by atoms with E-state index < -0.39 is 6.67 Å². The van der Waals surface area contributed by atoms with Gasteiger partial charge in [0.15, 0.2) is 0 Å². The zero-order valence-corrected chi connectivity index (χ0v) is 7.87. The second-order valence-electron chi connectivity index (χ2n) is 3.18. The molecule has 2 rings (SSSR count). The number of halogens is 1. The molecule has 0 fully saturated rings. The number of aromatic hydroxyl groups is 1. The fourth-order valence-corrected chi connectivity index (χ4v) is 1.39. The lowest BCUT2D eigenvalue weighted by atomic mass is 10.0. The monoisotopic (exact) mass is 207 g/mol. The summed E-state index contributed by atoms with van der Waals surface area (Å²) in [5.74, 6) is 0.404. The molecule has 0 amide bonds. The molecule has 0 saturated heterocycles. The van der Waals surface area contributed by atoms with E-state index in [-0.39, 0.29) is 5.75 Å². The number of alkyl halides is 1. The van der Waals surface area contributed by atoms with Crippen LogP contribution in [0.3, 0.4) is 0 Å². The number of anilines is 1. The number of rotatable bonds is 2. The van der Waals surface area contributed by atoms with Crippen molar-refractivity contribution in [3.8, 4) is 16.9 Å². The summed E-state index contributed by atoms with van der Waals surface area (Å²) in [4.78, 5) is 0. The van der Waals surface area contributed by atoms with Gasteiger partial charge < -0.3 is 10.8 Å². The average molecular weight is 207 g/mol. The van der Waals surface area contributed by atoms with E-state index >= 15 is 0 Å². The van der Waals surface area contributed by atoms with E-state index in [1.54, 1.807) is 6.07 Å². The van der Waals surface area contributed by atoms with Gasteiger partial charge in [0, 0.05) is 11.1 Å². The normalized spacial score (nSPS) is 10.5. The molecule has 2 aromatic rings. The van der Waals surface area contributed by atoms with Gasteiger partial charge in [-0.05, 0) is 17.7 Å². The number of hydrogen-bond donors (Lipinski definition) is 3. The lowest BCUT2D eigenvalue weighted by Crippen LogP contribution is -1.89. The van der Waals surface area contributed by atoms with Gasteiger partial charge in [-0.1, -0.05) is 6.07 Å². The van der Waals surface area contributed by atoms with E-state index in [1.165, 1.54) is 18.3 Å². The second kappa shape index (κ2) is 3.61. The van der Waals surface area contributed by atoms with Crippen LogP contribution in [-0.4, -0.2) is 15.3 Å². The van der Waals surface area contributed by atoms with Gasteiger partial charge in [-0.3, -0.25) is 5.10 Å². The Morgan fingerprint density at radius 1 is 1.40 bits per heavy atom. The average Bonchev–Trinajstić information content (AvgIpc) is 2.65. The van der Waals surface area contributed by atoms with E-state index in [4.69, 9.17) is 5.73 Å². The van der Waals surface area contributed by atoms with Gasteiger partial charge in [-0.25, -0.2) is 4.39 Å². The molecule has 0 unspecified atom stereocenters. The third-order valence-electron chi connectivity index (χ3n) is 2.17. The van der Waals surface area contributed by atoms with Crippen molar-refractivity contribution in [2.75, 3.05) is 5.73 Å². The highest BCUT2D eigenvalue weighted by Crippen LogP contribution is 2.32. The number of aromatic nitrogens is 2. The predicted octanol–water partition coefficient (Wildman–Crippen LogP) is 1.83. The maximum absolute atomic E-state index is 12.4. The maximum atomic E-state index is 12.4. The molecule has 15 heavy (non-hydrogen) atoms. The van der Waals surface area contributed by atoms with Gasteiger partial charge >= 0.3 is 0 Å². The highest BCUT2D eigenvalue weighted by atomic mass is 19.1. The van der Waals surface area contributed by atoms with Crippen molar-refractivity contribution >= 4 is 5.82 Å². The zero-order valence-electron chi connectivity index (χ0n) is 7.87. The van der Waals surface area contributed by atoms with Crippen molar-refractivity contribution in [1.82, 2.24) is 10.2 Å². The fraction of sp³-hybridized carbons (Fsp3) is 0.100. The quantitative estimate of drug-likeness (QED) is 0.703. The minimum atomic E-state index is -0.578. The number of H-pyrrole nitrogens is 1. The van der Waals surface area contributed by atoms with Crippen LogP contribution < -0.4 is 5.73 Å². The van der Waals surface area contributed by atoms with Crippen molar-refractivity contribution < 1.29 is 9.50 Å². The molecule has 1 aromatic carbocycles. The van der Waals surface area contributed by atoms with Crippen LogP contribution in [0.1, 0.15) is 5.56 Å². The van der Waals surface area contributed by atoms with Crippen LogP contribution in [0, 0.1) is 0 Å². The summed E-state index contributed by atoms with van der Waals surface area (Å²) in [5, 5.41) is 15.9. The number of nitrogen functional groups attached to an aromatic ring is 1. The molecule has 1 heterocycles. The van der Waals surface area contributed by atoms with Crippen molar-refractivity contribution in [3.63, 3.8) is 0 Å². The van der Waals surface area contributed by atoms with Gasteiger partial charge in [-0.2, -0.15) is 5.10 Å². The molecule has 4 N–H and O–H groups in total. The summed E-state index contributed by atoms with van der Waals surface area (Å²) < 4.78 is 12.4. The van der Waals surface area contributed by atoms with E-state index in [1.807, 2.05) is 0 Å². The summed E-state index contributed by atoms with van der Waals surface area (Å²) in [6, 6.07) is 4.52. The number of hydrogen-bond acceptors (Lipinski definition) is 3. The number of phenols is 1. The Hall–Kier alpha value is -2.04. The Bertz CT molecular complexity index is 481. The molecule has 0 atom stereocenters. The molecule has 4 nitrogen and oxygen atoms in total. The van der Waals surface area contributed by atoms with Gasteiger partial charge in [0.2, 0.25) is 0 Å². The lowest BCUT2D eigenvalue weighted by Gasteiger charge is -2.04. The van der Waals surface area contributed by atoms with Crippen LogP contribution in [0.2, 0.25) is 0 Å². The summed E-state index contributed by atoms with van der Waals surface area (Å²) in [6.45, 7) is -0.578. The van der Waals surface area contributed by atoms with Crippen LogP contribution in [0.25, 0.3) is 11.1 Å². The van der Waals surface area contributed by atoms with Gasteiger partial charge in [0.05, 0.1) is 6.20 Å². The summed E-state index contributed by atoms with van der Waals surface area (Å²) in [6.07, 6.45) is 1.49. The molecule has 1 aromatic heterocycles. The smallest absolute Gasteiger partial charge is 0.126 e. The number of nitrogens with one attached hydrogen (secondary N) is 1. The highest BCUT2D eigenvalue weighted by molar-refractivity contribution is 5.78. The second-order valence-corrected chi connectivity index (χ2v) is 3.18. The van der Waals surface area contributed by atoms with Gasteiger partial charge in [0.25, 0.3) is 0 Å². The predicted molar refractivity (Wildman–Crippen MR) is 54.9 cm³/mol. The number of phenolic OH excluding ortho intramolecular Hbond substituents is 1. The van der Waals surface area contributed by atoms with Crippen molar-refractivity contribution in [2.24, 2.45) is 0 Å². The first kappa shape index (κ1) is 9.51. The molecular weight excluding hydrogens is 197 g/mol. The van der Waals surface area contributed by atoms with Crippen molar-refractivity contribution in [2.45, 2.75) is 6.67 Å². The van der Waals surface area contributed by atoms with Gasteiger partial charge in [-0.15, -0.1) is 0 Å². The van der Waals surface area contributed by atoms with Crippen molar-refractivity contribution in [3.05, 3.63) is 30.0 Å². The topological polar surface area (TPSA) is 74.9 Å². The molecule has 0 bridgehead atoms. The molecule has 0 aliphatic rings. The van der Waals surface area contributed by atoms with Crippen LogP contribution in [0.15, 0.2) is 24.4 Å². The van der Waals surface area contributed by atoms with Crippen LogP contribution >= 0.6 is 0 Å². The summed E-state index contributed by atoms with van der Waals surface area (Å²) >= 11 is 0. The molecular formula is C10H10FN3O. The Balaban J connectivity index is 2.56. The van der Waals surface area contributed by atoms with E-state index in [2.05, 4.69) is 10.2 Å². The number of nitrogens with zero attached hydrogens (tertiary/aromatic N) is 1. The fourth-order valence-electron chi connectivity index (χ4n) is 1.39. The van der Waals surface area contributed by atoms with Crippen LogP contribution in [0.5, 0.6) is 5.75 Å². The lowest BCUT2D eigenvalue weighted by molar-refractivity contribution is 0.472. The Morgan fingerprint density at radius 3 is 2.80 bits per heavy atom. The maximum Gasteiger partial charge on any atom is 0.126 e. The number of aromatic amines is 1.